The number of likely N-dealkylation sites (tertiary alicyclic amines) is 1. The summed E-state index contributed by atoms with van der Waals surface area (Å²) in [7, 11) is 0. The summed E-state index contributed by atoms with van der Waals surface area (Å²) in [4.78, 5) is 14.4. The molecule has 1 N–H and O–H groups in total. The van der Waals surface area contributed by atoms with Gasteiger partial charge in [0.25, 0.3) is 0 Å². The van der Waals surface area contributed by atoms with Gasteiger partial charge in [0.05, 0.1) is 11.7 Å². The van der Waals surface area contributed by atoms with E-state index in [0.717, 1.165) is 24.6 Å². The molecule has 5 heteroatoms. The van der Waals surface area contributed by atoms with Crippen LogP contribution in [0.3, 0.4) is 0 Å². The van der Waals surface area contributed by atoms with Gasteiger partial charge in [-0.25, -0.2) is 14.5 Å². The van der Waals surface area contributed by atoms with E-state index < -0.39 is 0 Å². The lowest BCUT2D eigenvalue weighted by molar-refractivity contribution is 0.251. The second kappa shape index (κ2) is 5.25. The highest BCUT2D eigenvalue weighted by Gasteiger charge is 2.24. The van der Waals surface area contributed by atoms with Gasteiger partial charge in [0, 0.05) is 0 Å². The summed E-state index contributed by atoms with van der Waals surface area (Å²) < 4.78 is 1.68. The Hall–Kier alpha value is -1.88. The van der Waals surface area contributed by atoms with Gasteiger partial charge in [0.15, 0.2) is 5.82 Å². The third kappa shape index (κ3) is 2.29. The Balaban J connectivity index is 2.00. The minimum absolute atomic E-state index is 0.151. The molecule has 2 aromatic rings. The van der Waals surface area contributed by atoms with Crippen molar-refractivity contribution in [1.29, 1.82) is 0 Å². The lowest BCUT2D eigenvalue weighted by Gasteiger charge is -2.23. The fraction of sp³-hybridized carbons (Fsp3) is 0.467. The van der Waals surface area contributed by atoms with Crippen LogP contribution in [0, 0.1) is 6.92 Å². The number of nitrogens with one attached hydrogen (secondary N) is 1. The van der Waals surface area contributed by atoms with E-state index in [1.54, 1.807) is 4.57 Å². The van der Waals surface area contributed by atoms with E-state index in [1.807, 2.05) is 31.2 Å². The summed E-state index contributed by atoms with van der Waals surface area (Å²) in [5.41, 5.74) is 1.88. The van der Waals surface area contributed by atoms with Crippen LogP contribution in [-0.4, -0.2) is 32.8 Å². The maximum absolute atomic E-state index is 12.1. The van der Waals surface area contributed by atoms with Crippen molar-refractivity contribution in [1.82, 2.24) is 19.7 Å². The average molecular weight is 272 g/mol. The third-order valence-electron chi connectivity index (χ3n) is 4.05. The molecular formula is C15H20N4O. The quantitative estimate of drug-likeness (QED) is 0.930. The topological polar surface area (TPSA) is 53.9 Å². The molecule has 1 atom stereocenters. The molecule has 0 spiro atoms. The lowest BCUT2D eigenvalue weighted by atomic mass is 10.2. The molecule has 1 aliphatic heterocycles. The minimum atomic E-state index is -0.171. The zero-order valence-electron chi connectivity index (χ0n) is 12.0. The van der Waals surface area contributed by atoms with E-state index in [0.29, 0.717) is 0 Å². The molecule has 0 amide bonds. The van der Waals surface area contributed by atoms with Gasteiger partial charge in [-0.3, -0.25) is 4.90 Å². The maximum atomic E-state index is 12.1. The summed E-state index contributed by atoms with van der Waals surface area (Å²) in [5, 5.41) is 6.83. The molecule has 1 aliphatic rings. The fourth-order valence-electron chi connectivity index (χ4n) is 2.82. The van der Waals surface area contributed by atoms with Crippen molar-refractivity contribution < 1.29 is 0 Å². The molecule has 20 heavy (non-hydrogen) atoms. The highest BCUT2D eigenvalue weighted by atomic mass is 16.1. The molecule has 1 aromatic heterocycles. The van der Waals surface area contributed by atoms with Crippen LogP contribution in [0.5, 0.6) is 0 Å². The van der Waals surface area contributed by atoms with E-state index >= 15 is 0 Å². The zero-order chi connectivity index (χ0) is 14.1. The van der Waals surface area contributed by atoms with Crippen molar-refractivity contribution in [2.24, 2.45) is 0 Å². The Bertz CT molecular complexity index is 635. The van der Waals surface area contributed by atoms with Crippen molar-refractivity contribution >= 4 is 0 Å². The minimum Gasteiger partial charge on any atom is -0.294 e. The number of nitrogens with zero attached hydrogens (tertiary/aromatic N) is 3. The molecule has 1 saturated heterocycles. The first-order valence-electron chi connectivity index (χ1n) is 7.15. The van der Waals surface area contributed by atoms with E-state index in [-0.39, 0.29) is 11.7 Å². The molecule has 0 saturated carbocycles. The number of H-pyrrole nitrogens is 1. The van der Waals surface area contributed by atoms with Gasteiger partial charge in [-0.05, 0) is 51.9 Å². The summed E-state index contributed by atoms with van der Waals surface area (Å²) in [6, 6.07) is 8.11. The number of aromatic amines is 1. The molecule has 2 heterocycles. The van der Waals surface area contributed by atoms with Gasteiger partial charge in [-0.1, -0.05) is 17.7 Å². The van der Waals surface area contributed by atoms with Crippen molar-refractivity contribution in [2.75, 3.05) is 13.1 Å². The number of rotatable bonds is 3. The second-order valence-electron chi connectivity index (χ2n) is 5.48. The van der Waals surface area contributed by atoms with Gasteiger partial charge < -0.3 is 0 Å². The summed E-state index contributed by atoms with van der Waals surface area (Å²) in [6.07, 6.45) is 2.45. The molecule has 106 valence electrons. The van der Waals surface area contributed by atoms with Crippen LogP contribution in [0.2, 0.25) is 0 Å². The van der Waals surface area contributed by atoms with Crippen LogP contribution in [0.4, 0.5) is 0 Å². The van der Waals surface area contributed by atoms with Gasteiger partial charge in [0.1, 0.15) is 0 Å². The molecule has 3 rings (SSSR count). The zero-order valence-corrected chi connectivity index (χ0v) is 12.0. The highest BCUT2D eigenvalue weighted by Crippen LogP contribution is 2.23. The smallest absolute Gasteiger partial charge is 0.294 e. The largest absolute Gasteiger partial charge is 0.347 e. The summed E-state index contributed by atoms with van der Waals surface area (Å²) in [5.74, 6) is 0.792. The number of aromatic nitrogens is 3. The fourth-order valence-corrected chi connectivity index (χ4v) is 2.82. The van der Waals surface area contributed by atoms with Crippen LogP contribution in [0.1, 0.15) is 37.2 Å². The van der Waals surface area contributed by atoms with E-state index in [1.165, 1.54) is 18.4 Å². The Morgan fingerprint density at radius 2 is 1.85 bits per heavy atom. The molecule has 1 fully saturated rings. The Morgan fingerprint density at radius 1 is 1.20 bits per heavy atom. The average Bonchev–Trinajstić information content (AvgIpc) is 3.09. The van der Waals surface area contributed by atoms with Crippen LogP contribution >= 0.6 is 0 Å². The summed E-state index contributed by atoms with van der Waals surface area (Å²) in [6.45, 7) is 6.31. The van der Waals surface area contributed by atoms with Gasteiger partial charge >= 0.3 is 5.69 Å². The normalized spacial score (nSPS) is 17.5. The molecule has 0 radical (unpaired) electrons. The van der Waals surface area contributed by atoms with Crippen LogP contribution in [-0.2, 0) is 0 Å². The van der Waals surface area contributed by atoms with Crippen molar-refractivity contribution in [3.8, 4) is 5.69 Å². The number of benzene rings is 1. The van der Waals surface area contributed by atoms with Gasteiger partial charge in [-0.2, -0.15) is 5.10 Å². The molecule has 1 aromatic carbocycles. The molecule has 5 nitrogen and oxygen atoms in total. The Kier molecular flexibility index (Phi) is 3.44. The molecule has 0 bridgehead atoms. The number of aryl methyl sites for hydroxylation is 1. The monoisotopic (exact) mass is 272 g/mol. The van der Waals surface area contributed by atoms with E-state index in [2.05, 4.69) is 22.0 Å². The summed E-state index contributed by atoms with van der Waals surface area (Å²) >= 11 is 0. The standard InChI is InChI=1S/C15H20N4O/c1-11-5-7-13(8-6-11)19-14(16-17-15(19)20)12(2)18-9-3-4-10-18/h5-8,12H,3-4,9-10H2,1-2H3,(H,17,20)/t12-/m1/s1. The second-order valence-corrected chi connectivity index (χ2v) is 5.48. The van der Waals surface area contributed by atoms with E-state index in [4.69, 9.17) is 0 Å². The lowest BCUT2D eigenvalue weighted by Crippen LogP contribution is -2.27. The predicted octanol–water partition coefficient (Wildman–Crippen LogP) is 2.03. The number of hydrogen-bond acceptors (Lipinski definition) is 3. The van der Waals surface area contributed by atoms with Crippen molar-refractivity contribution in [2.45, 2.75) is 32.7 Å². The molecule has 0 unspecified atom stereocenters. The first-order chi connectivity index (χ1) is 9.66. The van der Waals surface area contributed by atoms with Crippen molar-refractivity contribution in [3.05, 3.63) is 46.1 Å². The predicted molar refractivity (Wildman–Crippen MR) is 78.1 cm³/mol. The van der Waals surface area contributed by atoms with Crippen LogP contribution in [0.25, 0.3) is 5.69 Å². The number of hydrogen-bond donors (Lipinski definition) is 1. The van der Waals surface area contributed by atoms with Crippen molar-refractivity contribution in [3.63, 3.8) is 0 Å². The van der Waals surface area contributed by atoms with E-state index in [9.17, 15) is 4.79 Å². The van der Waals surface area contributed by atoms with Crippen LogP contribution in [0.15, 0.2) is 29.1 Å². The molecule has 0 aliphatic carbocycles. The Labute approximate surface area is 118 Å². The SMILES string of the molecule is Cc1ccc(-n2c([C@@H](C)N3CCCC3)n[nH]c2=O)cc1. The Morgan fingerprint density at radius 3 is 2.50 bits per heavy atom. The maximum Gasteiger partial charge on any atom is 0.347 e. The third-order valence-corrected chi connectivity index (χ3v) is 4.05. The van der Waals surface area contributed by atoms with Gasteiger partial charge in [-0.15, -0.1) is 0 Å². The molecular weight excluding hydrogens is 252 g/mol. The first kappa shape index (κ1) is 13.1. The van der Waals surface area contributed by atoms with Gasteiger partial charge in [0.2, 0.25) is 0 Å². The van der Waals surface area contributed by atoms with Crippen LogP contribution < -0.4 is 5.69 Å². The highest BCUT2D eigenvalue weighted by molar-refractivity contribution is 5.35. The first-order valence-corrected chi connectivity index (χ1v) is 7.15.